The van der Waals surface area contributed by atoms with Crippen molar-refractivity contribution in [3.63, 3.8) is 0 Å². The van der Waals surface area contributed by atoms with Gasteiger partial charge in [-0.3, -0.25) is 0 Å². The van der Waals surface area contributed by atoms with Crippen molar-refractivity contribution in [1.82, 2.24) is 0 Å². The number of allylic oxidation sites excluding steroid dienone is 2. The zero-order valence-electron chi connectivity index (χ0n) is 8.96. The van der Waals surface area contributed by atoms with Crippen molar-refractivity contribution in [2.45, 2.75) is 33.1 Å². The molecule has 0 aliphatic heterocycles. The molecular formula is C13H18. The van der Waals surface area contributed by atoms with E-state index in [1.54, 1.807) is 0 Å². The second kappa shape index (κ2) is 3.78. The molecule has 0 unspecified atom stereocenters. The average molecular weight is 174 g/mol. The van der Waals surface area contributed by atoms with Crippen molar-refractivity contribution >= 4 is 0 Å². The third kappa shape index (κ3) is 2.00. The van der Waals surface area contributed by atoms with Gasteiger partial charge >= 0.3 is 0 Å². The van der Waals surface area contributed by atoms with E-state index in [0.717, 1.165) is 0 Å². The second-order valence-corrected chi connectivity index (χ2v) is 3.96. The topological polar surface area (TPSA) is 0 Å². The Labute approximate surface area is 81.3 Å². The van der Waals surface area contributed by atoms with E-state index in [9.17, 15) is 0 Å². The van der Waals surface area contributed by atoms with Gasteiger partial charge in [0.1, 0.15) is 0 Å². The molecule has 1 aromatic carbocycles. The summed E-state index contributed by atoms with van der Waals surface area (Å²) >= 11 is 0. The van der Waals surface area contributed by atoms with Crippen LogP contribution in [-0.4, -0.2) is 0 Å². The molecule has 0 N–H and O–H groups in total. The molecule has 0 atom stereocenters. The number of benzene rings is 1. The van der Waals surface area contributed by atoms with Crippen LogP contribution in [0.25, 0.3) is 0 Å². The van der Waals surface area contributed by atoms with Gasteiger partial charge in [0.2, 0.25) is 0 Å². The van der Waals surface area contributed by atoms with E-state index in [0.29, 0.717) is 0 Å². The third-order valence-corrected chi connectivity index (χ3v) is 2.91. The number of hydrogen-bond donors (Lipinski definition) is 0. The van der Waals surface area contributed by atoms with Crippen LogP contribution in [0.15, 0.2) is 42.0 Å². The SMILES string of the molecule is CC=C(C)C(C)(C)c1ccccc1. The Kier molecular flexibility index (Phi) is 2.92. The summed E-state index contributed by atoms with van der Waals surface area (Å²) in [4.78, 5) is 0. The molecule has 1 rings (SSSR count). The van der Waals surface area contributed by atoms with Crippen molar-refractivity contribution in [2.24, 2.45) is 0 Å². The molecule has 0 saturated heterocycles. The van der Waals surface area contributed by atoms with Gasteiger partial charge in [0.25, 0.3) is 0 Å². The van der Waals surface area contributed by atoms with Gasteiger partial charge in [-0.05, 0) is 19.4 Å². The first-order valence-corrected chi connectivity index (χ1v) is 4.78. The third-order valence-electron chi connectivity index (χ3n) is 2.91. The fraction of sp³-hybridized carbons (Fsp3) is 0.385. The summed E-state index contributed by atoms with van der Waals surface area (Å²) in [6.07, 6.45) is 2.19. The molecule has 0 amide bonds. The van der Waals surface area contributed by atoms with Crippen LogP contribution in [0.2, 0.25) is 0 Å². The molecule has 0 spiro atoms. The van der Waals surface area contributed by atoms with Crippen LogP contribution in [0.1, 0.15) is 33.3 Å². The molecular weight excluding hydrogens is 156 g/mol. The highest BCUT2D eigenvalue weighted by Gasteiger charge is 2.21. The van der Waals surface area contributed by atoms with E-state index in [4.69, 9.17) is 0 Å². The monoisotopic (exact) mass is 174 g/mol. The van der Waals surface area contributed by atoms with E-state index in [1.165, 1.54) is 11.1 Å². The lowest BCUT2D eigenvalue weighted by atomic mass is 9.78. The van der Waals surface area contributed by atoms with Crippen molar-refractivity contribution in [2.75, 3.05) is 0 Å². The average Bonchev–Trinajstić information content (AvgIpc) is 2.18. The van der Waals surface area contributed by atoms with Crippen molar-refractivity contribution in [3.8, 4) is 0 Å². The van der Waals surface area contributed by atoms with Gasteiger partial charge in [-0.15, -0.1) is 0 Å². The van der Waals surface area contributed by atoms with E-state index in [2.05, 4.69) is 64.1 Å². The quantitative estimate of drug-likeness (QED) is 0.596. The minimum absolute atomic E-state index is 0.163. The summed E-state index contributed by atoms with van der Waals surface area (Å²) in [7, 11) is 0. The van der Waals surface area contributed by atoms with Gasteiger partial charge in [-0.2, -0.15) is 0 Å². The first-order valence-electron chi connectivity index (χ1n) is 4.78. The summed E-state index contributed by atoms with van der Waals surface area (Å²) in [5, 5.41) is 0. The number of hydrogen-bond acceptors (Lipinski definition) is 0. The molecule has 70 valence electrons. The van der Waals surface area contributed by atoms with Gasteiger partial charge in [-0.25, -0.2) is 0 Å². The maximum atomic E-state index is 2.26. The van der Waals surface area contributed by atoms with Gasteiger partial charge in [-0.1, -0.05) is 55.8 Å². The van der Waals surface area contributed by atoms with Crippen LogP contribution in [0, 0.1) is 0 Å². The Hall–Kier alpha value is -1.04. The lowest BCUT2D eigenvalue weighted by Crippen LogP contribution is -2.18. The maximum Gasteiger partial charge on any atom is 0.0102 e. The molecule has 0 heterocycles. The summed E-state index contributed by atoms with van der Waals surface area (Å²) < 4.78 is 0. The molecule has 0 aromatic heterocycles. The Morgan fingerprint density at radius 2 is 1.69 bits per heavy atom. The first-order chi connectivity index (χ1) is 6.09. The highest BCUT2D eigenvalue weighted by atomic mass is 14.2. The van der Waals surface area contributed by atoms with E-state index in [1.807, 2.05) is 0 Å². The Balaban J connectivity index is 3.08. The highest BCUT2D eigenvalue weighted by Crippen LogP contribution is 2.30. The fourth-order valence-electron chi connectivity index (χ4n) is 1.44. The molecule has 0 radical (unpaired) electrons. The predicted octanol–water partition coefficient (Wildman–Crippen LogP) is 3.93. The molecule has 0 heteroatoms. The number of rotatable bonds is 2. The Morgan fingerprint density at radius 3 is 2.15 bits per heavy atom. The van der Waals surface area contributed by atoms with E-state index >= 15 is 0 Å². The fourth-order valence-corrected chi connectivity index (χ4v) is 1.44. The standard InChI is InChI=1S/C13H18/c1-5-11(2)13(3,4)12-9-7-6-8-10-12/h5-10H,1-4H3. The molecule has 1 aromatic rings. The van der Waals surface area contributed by atoms with Crippen molar-refractivity contribution in [1.29, 1.82) is 0 Å². The molecule has 0 aliphatic carbocycles. The van der Waals surface area contributed by atoms with Gasteiger partial charge in [0, 0.05) is 5.41 Å². The Morgan fingerprint density at radius 1 is 1.15 bits per heavy atom. The van der Waals surface area contributed by atoms with Crippen LogP contribution < -0.4 is 0 Å². The Bertz CT molecular complexity index is 291. The minimum atomic E-state index is 0.163. The van der Waals surface area contributed by atoms with E-state index < -0.39 is 0 Å². The van der Waals surface area contributed by atoms with Crippen molar-refractivity contribution < 1.29 is 0 Å². The van der Waals surface area contributed by atoms with Crippen LogP contribution in [0.3, 0.4) is 0 Å². The maximum absolute atomic E-state index is 2.26. The summed E-state index contributed by atoms with van der Waals surface area (Å²) in [6, 6.07) is 10.6. The van der Waals surface area contributed by atoms with Crippen LogP contribution in [0.4, 0.5) is 0 Å². The zero-order valence-corrected chi connectivity index (χ0v) is 8.96. The molecule has 0 nitrogen and oxygen atoms in total. The van der Waals surface area contributed by atoms with Gasteiger partial charge < -0.3 is 0 Å². The molecule has 13 heavy (non-hydrogen) atoms. The highest BCUT2D eigenvalue weighted by molar-refractivity contribution is 5.32. The summed E-state index contributed by atoms with van der Waals surface area (Å²) in [6.45, 7) is 8.81. The van der Waals surface area contributed by atoms with Gasteiger partial charge in [0.05, 0.1) is 0 Å². The van der Waals surface area contributed by atoms with Crippen LogP contribution in [0.5, 0.6) is 0 Å². The van der Waals surface area contributed by atoms with Crippen LogP contribution in [-0.2, 0) is 5.41 Å². The minimum Gasteiger partial charge on any atom is -0.0879 e. The summed E-state index contributed by atoms with van der Waals surface area (Å²) in [5.74, 6) is 0. The lowest BCUT2D eigenvalue weighted by molar-refractivity contribution is 0.622. The zero-order chi connectivity index (χ0) is 9.90. The largest absolute Gasteiger partial charge is 0.0879 e. The van der Waals surface area contributed by atoms with Gasteiger partial charge in [0.15, 0.2) is 0 Å². The first kappa shape index (κ1) is 10.0. The normalized spacial score (nSPS) is 13.1. The van der Waals surface area contributed by atoms with E-state index in [-0.39, 0.29) is 5.41 Å². The summed E-state index contributed by atoms with van der Waals surface area (Å²) in [5.41, 5.74) is 2.96. The smallest absolute Gasteiger partial charge is 0.0102 e. The van der Waals surface area contributed by atoms with Crippen LogP contribution >= 0.6 is 0 Å². The molecule has 0 aliphatic rings. The second-order valence-electron chi connectivity index (χ2n) is 3.96. The van der Waals surface area contributed by atoms with Crippen molar-refractivity contribution in [3.05, 3.63) is 47.5 Å². The molecule has 0 bridgehead atoms. The predicted molar refractivity (Wildman–Crippen MR) is 58.9 cm³/mol. The molecule has 0 fully saturated rings. The lowest BCUT2D eigenvalue weighted by Gasteiger charge is -2.26. The molecule has 0 saturated carbocycles.